The third-order valence-electron chi connectivity index (χ3n) is 2.79. The fourth-order valence-electron chi connectivity index (χ4n) is 1.90. The number of aromatic amines is 1. The number of H-pyrrole nitrogens is 1. The fourth-order valence-corrected chi connectivity index (χ4v) is 2.67. The Morgan fingerprint density at radius 3 is 3.00 bits per heavy atom. The SMILES string of the molecule is Cc1cc(=O)c(-c2onc(N)c2-c2cccs2)c[nH]1. The predicted octanol–water partition coefficient (Wildman–Crippen LogP) is 2.65. The Balaban J connectivity index is 2.25. The fraction of sp³-hybridized carbons (Fsp3) is 0.0769. The summed E-state index contributed by atoms with van der Waals surface area (Å²) in [5.41, 5.74) is 7.61. The number of anilines is 1. The van der Waals surface area contributed by atoms with Crippen molar-refractivity contribution in [3.8, 4) is 21.8 Å². The number of hydrogen-bond donors (Lipinski definition) is 2. The number of nitrogens with two attached hydrogens (primary N) is 1. The lowest BCUT2D eigenvalue weighted by molar-refractivity contribution is 0.435. The second-order valence-corrected chi connectivity index (χ2v) is 5.09. The number of hydrogen-bond acceptors (Lipinski definition) is 5. The van der Waals surface area contributed by atoms with Gasteiger partial charge in [-0.1, -0.05) is 11.2 Å². The van der Waals surface area contributed by atoms with Gasteiger partial charge in [0.2, 0.25) is 0 Å². The molecule has 3 N–H and O–H groups in total. The number of nitrogens with one attached hydrogen (secondary N) is 1. The number of aromatic nitrogens is 2. The van der Waals surface area contributed by atoms with Crippen LogP contribution < -0.4 is 11.2 Å². The summed E-state index contributed by atoms with van der Waals surface area (Å²) < 4.78 is 5.24. The van der Waals surface area contributed by atoms with Gasteiger partial charge in [0.25, 0.3) is 0 Å². The van der Waals surface area contributed by atoms with Crippen molar-refractivity contribution < 1.29 is 4.52 Å². The molecule has 3 aromatic heterocycles. The van der Waals surface area contributed by atoms with Gasteiger partial charge in [0.05, 0.1) is 11.1 Å². The van der Waals surface area contributed by atoms with Gasteiger partial charge >= 0.3 is 0 Å². The molecule has 0 atom stereocenters. The Morgan fingerprint density at radius 2 is 2.32 bits per heavy atom. The molecule has 0 radical (unpaired) electrons. The lowest BCUT2D eigenvalue weighted by Gasteiger charge is -2.00. The number of pyridine rings is 1. The second-order valence-electron chi connectivity index (χ2n) is 4.14. The van der Waals surface area contributed by atoms with E-state index in [1.165, 1.54) is 17.4 Å². The van der Waals surface area contributed by atoms with Crippen molar-refractivity contribution in [3.63, 3.8) is 0 Å². The average molecular weight is 273 g/mol. The zero-order valence-corrected chi connectivity index (χ0v) is 11.0. The van der Waals surface area contributed by atoms with E-state index in [1.807, 2.05) is 24.4 Å². The molecule has 96 valence electrons. The predicted molar refractivity (Wildman–Crippen MR) is 75.0 cm³/mol. The Bertz CT molecular complexity index is 772. The van der Waals surface area contributed by atoms with Gasteiger partial charge in [-0.3, -0.25) is 4.79 Å². The van der Waals surface area contributed by atoms with Crippen molar-refractivity contribution in [3.05, 3.63) is 45.7 Å². The molecule has 0 saturated carbocycles. The minimum Gasteiger partial charge on any atom is -0.380 e. The summed E-state index contributed by atoms with van der Waals surface area (Å²) in [7, 11) is 0. The van der Waals surface area contributed by atoms with Gasteiger partial charge < -0.3 is 15.2 Å². The van der Waals surface area contributed by atoms with Crippen LogP contribution in [0.25, 0.3) is 21.8 Å². The van der Waals surface area contributed by atoms with Crippen LogP contribution in [-0.2, 0) is 0 Å². The van der Waals surface area contributed by atoms with Crippen LogP contribution in [0, 0.1) is 6.92 Å². The highest BCUT2D eigenvalue weighted by atomic mass is 32.1. The Labute approximate surface area is 112 Å². The van der Waals surface area contributed by atoms with E-state index in [9.17, 15) is 4.79 Å². The second kappa shape index (κ2) is 4.40. The zero-order valence-electron chi connectivity index (χ0n) is 10.1. The molecular formula is C13H11N3O2S. The van der Waals surface area contributed by atoms with Crippen molar-refractivity contribution in [1.82, 2.24) is 10.1 Å². The summed E-state index contributed by atoms with van der Waals surface area (Å²) in [4.78, 5) is 15.9. The molecule has 3 rings (SSSR count). The molecule has 0 aliphatic carbocycles. The number of nitrogen functional groups attached to an aromatic ring is 1. The maximum absolute atomic E-state index is 12.0. The van der Waals surface area contributed by atoms with E-state index in [2.05, 4.69) is 10.1 Å². The molecule has 0 unspecified atom stereocenters. The molecular weight excluding hydrogens is 262 g/mol. The highest BCUT2D eigenvalue weighted by molar-refractivity contribution is 7.13. The van der Waals surface area contributed by atoms with Crippen LogP contribution in [0.1, 0.15) is 5.69 Å². The molecule has 19 heavy (non-hydrogen) atoms. The normalized spacial score (nSPS) is 10.8. The van der Waals surface area contributed by atoms with Crippen LogP contribution in [-0.4, -0.2) is 10.1 Å². The van der Waals surface area contributed by atoms with E-state index in [-0.39, 0.29) is 11.2 Å². The van der Waals surface area contributed by atoms with E-state index in [1.54, 1.807) is 6.20 Å². The summed E-state index contributed by atoms with van der Waals surface area (Å²) in [5, 5.41) is 5.70. The summed E-state index contributed by atoms with van der Waals surface area (Å²) in [6, 6.07) is 5.35. The van der Waals surface area contributed by atoms with E-state index in [0.29, 0.717) is 16.9 Å². The zero-order chi connectivity index (χ0) is 13.4. The molecule has 0 aliphatic heterocycles. The number of thiophene rings is 1. The van der Waals surface area contributed by atoms with Gasteiger partial charge in [0.1, 0.15) is 0 Å². The van der Waals surface area contributed by atoms with Crippen LogP contribution in [0.4, 0.5) is 5.82 Å². The minimum atomic E-state index is -0.120. The summed E-state index contributed by atoms with van der Waals surface area (Å²) >= 11 is 1.52. The van der Waals surface area contributed by atoms with Crippen molar-refractivity contribution in [2.45, 2.75) is 6.92 Å². The van der Waals surface area contributed by atoms with Gasteiger partial charge in [-0.25, -0.2) is 0 Å². The third-order valence-corrected chi connectivity index (χ3v) is 3.68. The highest BCUT2D eigenvalue weighted by Crippen LogP contribution is 2.37. The highest BCUT2D eigenvalue weighted by Gasteiger charge is 2.20. The van der Waals surface area contributed by atoms with Gasteiger partial charge in [0.15, 0.2) is 17.0 Å². The minimum absolute atomic E-state index is 0.120. The summed E-state index contributed by atoms with van der Waals surface area (Å²) in [5.74, 6) is 0.693. The smallest absolute Gasteiger partial charge is 0.192 e. The van der Waals surface area contributed by atoms with Gasteiger partial charge in [-0.05, 0) is 18.4 Å². The monoisotopic (exact) mass is 273 g/mol. The Morgan fingerprint density at radius 1 is 1.47 bits per heavy atom. The molecule has 0 fully saturated rings. The molecule has 0 spiro atoms. The molecule has 5 nitrogen and oxygen atoms in total. The van der Waals surface area contributed by atoms with Crippen molar-refractivity contribution in [2.75, 3.05) is 5.73 Å². The van der Waals surface area contributed by atoms with E-state index < -0.39 is 0 Å². The van der Waals surface area contributed by atoms with Crippen LogP contribution in [0.3, 0.4) is 0 Å². The third kappa shape index (κ3) is 1.96. The molecule has 0 bridgehead atoms. The first-order valence-corrected chi connectivity index (χ1v) is 6.53. The molecule has 6 heteroatoms. The van der Waals surface area contributed by atoms with Crippen molar-refractivity contribution in [1.29, 1.82) is 0 Å². The van der Waals surface area contributed by atoms with Crippen molar-refractivity contribution in [2.24, 2.45) is 0 Å². The van der Waals surface area contributed by atoms with E-state index in [0.717, 1.165) is 10.6 Å². The standard InChI is InChI=1S/C13H11N3O2S/c1-7-5-9(17)8(6-15-7)12-11(13(14)16-18-12)10-3-2-4-19-10/h2-6H,1H3,(H2,14,16)(H,15,17). The number of rotatable bonds is 2. The molecule has 0 aliphatic rings. The lowest BCUT2D eigenvalue weighted by atomic mass is 10.1. The van der Waals surface area contributed by atoms with Crippen LogP contribution in [0.15, 0.2) is 39.1 Å². The summed E-state index contributed by atoms with van der Waals surface area (Å²) in [6.45, 7) is 1.82. The number of nitrogens with zero attached hydrogens (tertiary/aromatic N) is 1. The lowest BCUT2D eigenvalue weighted by Crippen LogP contribution is -2.05. The van der Waals surface area contributed by atoms with Crippen molar-refractivity contribution >= 4 is 17.2 Å². The maximum Gasteiger partial charge on any atom is 0.192 e. The molecule has 0 saturated heterocycles. The van der Waals surface area contributed by atoms with Crippen LogP contribution in [0.2, 0.25) is 0 Å². The van der Waals surface area contributed by atoms with E-state index >= 15 is 0 Å². The average Bonchev–Trinajstić information content (AvgIpc) is 2.98. The maximum atomic E-state index is 12.0. The van der Waals surface area contributed by atoms with E-state index in [4.69, 9.17) is 10.3 Å². The van der Waals surface area contributed by atoms with Crippen LogP contribution in [0.5, 0.6) is 0 Å². The van der Waals surface area contributed by atoms with Gasteiger partial charge in [-0.15, -0.1) is 11.3 Å². The topological polar surface area (TPSA) is 84.9 Å². The first-order valence-electron chi connectivity index (χ1n) is 5.65. The first kappa shape index (κ1) is 11.7. The number of aryl methyl sites for hydroxylation is 1. The molecule has 0 aromatic carbocycles. The Kier molecular flexibility index (Phi) is 2.72. The molecule has 3 aromatic rings. The molecule has 3 heterocycles. The molecule has 0 amide bonds. The van der Waals surface area contributed by atoms with Gasteiger partial charge in [0, 0.05) is 22.8 Å². The van der Waals surface area contributed by atoms with Gasteiger partial charge in [-0.2, -0.15) is 0 Å². The Hall–Kier alpha value is -2.34. The largest absolute Gasteiger partial charge is 0.380 e. The summed E-state index contributed by atoms with van der Waals surface area (Å²) in [6.07, 6.45) is 1.62. The first-order chi connectivity index (χ1) is 9.16. The van der Waals surface area contributed by atoms with Crippen LogP contribution >= 0.6 is 11.3 Å². The quantitative estimate of drug-likeness (QED) is 0.751.